The Balaban J connectivity index is 1.50. The Morgan fingerprint density at radius 2 is 1.92 bits per heavy atom. The van der Waals surface area contributed by atoms with Crippen molar-refractivity contribution in [3.63, 3.8) is 0 Å². The molecule has 1 aromatic rings. The number of hydrogen-bond donors (Lipinski definition) is 2. The Morgan fingerprint density at radius 1 is 1.20 bits per heavy atom. The fourth-order valence-electron chi connectivity index (χ4n) is 3.81. The summed E-state index contributed by atoms with van der Waals surface area (Å²) in [6, 6.07) is 6.19. The van der Waals surface area contributed by atoms with Crippen LogP contribution in [0.4, 0.5) is 5.69 Å². The van der Waals surface area contributed by atoms with Gasteiger partial charge < -0.3 is 20.2 Å². The molecule has 0 bridgehead atoms. The van der Waals surface area contributed by atoms with Crippen molar-refractivity contribution in [1.29, 1.82) is 0 Å². The Bertz CT molecular complexity index is 576. The van der Waals surface area contributed by atoms with Crippen molar-refractivity contribution in [1.82, 2.24) is 10.2 Å². The maximum atomic E-state index is 12.7. The SMILES string of the molecule is Cc1ccc(N2CCCC2)c(C(=O)NCCCN2CCC(O)CC2)c1. The van der Waals surface area contributed by atoms with Gasteiger partial charge in [-0.1, -0.05) is 11.6 Å². The highest BCUT2D eigenvalue weighted by atomic mass is 16.3. The van der Waals surface area contributed by atoms with Gasteiger partial charge in [0.25, 0.3) is 5.91 Å². The van der Waals surface area contributed by atoms with E-state index in [4.69, 9.17) is 0 Å². The number of aryl methyl sites for hydroxylation is 1. The summed E-state index contributed by atoms with van der Waals surface area (Å²) in [7, 11) is 0. The lowest BCUT2D eigenvalue weighted by Gasteiger charge is -2.29. The van der Waals surface area contributed by atoms with E-state index in [2.05, 4.69) is 27.2 Å². The summed E-state index contributed by atoms with van der Waals surface area (Å²) >= 11 is 0. The summed E-state index contributed by atoms with van der Waals surface area (Å²) in [6.07, 6.45) is 4.98. The summed E-state index contributed by atoms with van der Waals surface area (Å²) in [4.78, 5) is 17.4. The van der Waals surface area contributed by atoms with Crippen molar-refractivity contribution < 1.29 is 9.90 Å². The summed E-state index contributed by atoms with van der Waals surface area (Å²) < 4.78 is 0. The lowest BCUT2D eigenvalue weighted by molar-refractivity contribution is 0.0816. The number of aliphatic hydroxyl groups excluding tert-OH is 1. The molecule has 2 fully saturated rings. The topological polar surface area (TPSA) is 55.8 Å². The van der Waals surface area contributed by atoms with E-state index in [0.717, 1.165) is 68.8 Å². The molecule has 3 rings (SSSR count). The van der Waals surface area contributed by atoms with Crippen LogP contribution in [0.3, 0.4) is 0 Å². The van der Waals surface area contributed by atoms with Crippen molar-refractivity contribution in [2.45, 2.75) is 45.1 Å². The summed E-state index contributed by atoms with van der Waals surface area (Å²) in [5.74, 6) is 0.0414. The molecule has 2 heterocycles. The fourth-order valence-corrected chi connectivity index (χ4v) is 3.81. The molecule has 2 saturated heterocycles. The molecule has 2 N–H and O–H groups in total. The Hall–Kier alpha value is -1.59. The largest absolute Gasteiger partial charge is 0.393 e. The lowest BCUT2D eigenvalue weighted by atomic mass is 10.1. The van der Waals surface area contributed by atoms with Gasteiger partial charge in [0.15, 0.2) is 0 Å². The van der Waals surface area contributed by atoms with Gasteiger partial charge in [-0.15, -0.1) is 0 Å². The van der Waals surface area contributed by atoms with Crippen LogP contribution in [0.15, 0.2) is 18.2 Å². The van der Waals surface area contributed by atoms with E-state index >= 15 is 0 Å². The zero-order valence-electron chi connectivity index (χ0n) is 15.3. The maximum Gasteiger partial charge on any atom is 0.253 e. The van der Waals surface area contributed by atoms with Gasteiger partial charge in [-0.05, 0) is 57.7 Å². The standard InChI is InChI=1S/C20H31N3O2/c1-16-5-6-19(23-11-2-3-12-23)18(15-16)20(25)21-9-4-10-22-13-7-17(24)8-14-22/h5-6,15,17,24H,2-4,7-14H2,1H3,(H,21,25). The van der Waals surface area contributed by atoms with E-state index in [1.807, 2.05) is 13.0 Å². The van der Waals surface area contributed by atoms with Crippen LogP contribution in [0.5, 0.6) is 0 Å². The van der Waals surface area contributed by atoms with Crippen molar-refractivity contribution in [2.75, 3.05) is 44.2 Å². The second-order valence-corrected chi connectivity index (χ2v) is 7.40. The number of aliphatic hydroxyl groups is 1. The number of benzene rings is 1. The van der Waals surface area contributed by atoms with Gasteiger partial charge in [0.1, 0.15) is 0 Å². The third-order valence-electron chi connectivity index (χ3n) is 5.34. The first kappa shape index (κ1) is 18.2. The zero-order valence-corrected chi connectivity index (χ0v) is 15.3. The zero-order chi connectivity index (χ0) is 17.6. The average Bonchev–Trinajstić information content (AvgIpc) is 3.14. The van der Waals surface area contributed by atoms with Crippen LogP contribution < -0.4 is 10.2 Å². The molecule has 1 amide bonds. The average molecular weight is 345 g/mol. The highest BCUT2D eigenvalue weighted by Crippen LogP contribution is 2.25. The second-order valence-electron chi connectivity index (χ2n) is 7.40. The molecule has 0 aliphatic carbocycles. The van der Waals surface area contributed by atoms with Crippen molar-refractivity contribution in [3.05, 3.63) is 29.3 Å². The number of nitrogens with one attached hydrogen (secondary N) is 1. The van der Waals surface area contributed by atoms with Gasteiger partial charge >= 0.3 is 0 Å². The van der Waals surface area contributed by atoms with Crippen LogP contribution in [0.25, 0.3) is 0 Å². The molecule has 5 heteroatoms. The molecule has 2 aliphatic rings. The number of amides is 1. The number of hydrogen-bond acceptors (Lipinski definition) is 4. The molecule has 138 valence electrons. The van der Waals surface area contributed by atoms with Crippen LogP contribution in [-0.4, -0.2) is 61.3 Å². The van der Waals surface area contributed by atoms with Gasteiger partial charge in [-0.25, -0.2) is 0 Å². The molecule has 0 aromatic heterocycles. The molecule has 5 nitrogen and oxygen atoms in total. The molecule has 0 unspecified atom stereocenters. The van der Waals surface area contributed by atoms with Gasteiger partial charge in [0.05, 0.1) is 11.7 Å². The predicted octanol–water partition coefficient (Wildman–Crippen LogP) is 2.17. The first-order valence-electron chi connectivity index (χ1n) is 9.68. The fraction of sp³-hybridized carbons (Fsp3) is 0.650. The Labute approximate surface area is 151 Å². The molecular weight excluding hydrogens is 314 g/mol. The number of rotatable bonds is 6. The number of likely N-dealkylation sites (tertiary alicyclic amines) is 1. The van der Waals surface area contributed by atoms with Gasteiger partial charge in [0, 0.05) is 38.4 Å². The van der Waals surface area contributed by atoms with Crippen molar-refractivity contribution in [3.8, 4) is 0 Å². The van der Waals surface area contributed by atoms with E-state index in [1.165, 1.54) is 12.8 Å². The molecule has 0 radical (unpaired) electrons. The van der Waals surface area contributed by atoms with Crippen LogP contribution in [0, 0.1) is 6.92 Å². The predicted molar refractivity (Wildman–Crippen MR) is 101 cm³/mol. The summed E-state index contributed by atoms with van der Waals surface area (Å²) in [5, 5.41) is 12.6. The van der Waals surface area contributed by atoms with Crippen LogP contribution in [0.2, 0.25) is 0 Å². The first-order valence-corrected chi connectivity index (χ1v) is 9.68. The second kappa shape index (κ2) is 8.68. The van der Waals surface area contributed by atoms with E-state index in [9.17, 15) is 9.90 Å². The minimum absolute atomic E-state index is 0.0414. The van der Waals surface area contributed by atoms with Crippen molar-refractivity contribution >= 4 is 11.6 Å². The summed E-state index contributed by atoms with van der Waals surface area (Å²) in [5.41, 5.74) is 3.01. The molecule has 0 atom stereocenters. The van der Waals surface area contributed by atoms with Crippen LogP contribution in [-0.2, 0) is 0 Å². The van der Waals surface area contributed by atoms with E-state index in [1.54, 1.807) is 0 Å². The molecular formula is C20H31N3O2. The lowest BCUT2D eigenvalue weighted by Crippen LogP contribution is -2.37. The third-order valence-corrected chi connectivity index (χ3v) is 5.34. The number of anilines is 1. The normalized spacial score (nSPS) is 19.4. The van der Waals surface area contributed by atoms with Crippen molar-refractivity contribution in [2.24, 2.45) is 0 Å². The number of piperidine rings is 1. The molecule has 25 heavy (non-hydrogen) atoms. The smallest absolute Gasteiger partial charge is 0.253 e. The minimum Gasteiger partial charge on any atom is -0.393 e. The quantitative estimate of drug-likeness (QED) is 0.776. The Morgan fingerprint density at radius 3 is 2.64 bits per heavy atom. The minimum atomic E-state index is -0.124. The molecule has 0 saturated carbocycles. The van der Waals surface area contributed by atoms with E-state index in [-0.39, 0.29) is 12.0 Å². The van der Waals surface area contributed by atoms with Gasteiger partial charge in [-0.3, -0.25) is 4.79 Å². The van der Waals surface area contributed by atoms with E-state index in [0.29, 0.717) is 6.54 Å². The molecule has 1 aromatic carbocycles. The number of carbonyl (C=O) groups is 1. The van der Waals surface area contributed by atoms with Crippen LogP contribution >= 0.6 is 0 Å². The summed E-state index contributed by atoms with van der Waals surface area (Å²) in [6.45, 7) is 7.74. The molecule has 2 aliphatic heterocycles. The highest BCUT2D eigenvalue weighted by molar-refractivity contribution is 6.00. The Kier molecular flexibility index (Phi) is 6.32. The van der Waals surface area contributed by atoms with E-state index < -0.39 is 0 Å². The van der Waals surface area contributed by atoms with Gasteiger partial charge in [0.2, 0.25) is 0 Å². The van der Waals surface area contributed by atoms with Crippen LogP contribution in [0.1, 0.15) is 48.0 Å². The maximum absolute atomic E-state index is 12.7. The number of nitrogens with zero attached hydrogens (tertiary/aromatic N) is 2. The van der Waals surface area contributed by atoms with Gasteiger partial charge in [-0.2, -0.15) is 0 Å². The molecule has 0 spiro atoms. The monoisotopic (exact) mass is 345 g/mol. The highest BCUT2D eigenvalue weighted by Gasteiger charge is 2.20. The first-order chi connectivity index (χ1) is 12.1. The third kappa shape index (κ3) is 4.95. The number of carbonyl (C=O) groups excluding carboxylic acids is 1.